The fourth-order valence-electron chi connectivity index (χ4n) is 2.47. The van der Waals surface area contributed by atoms with E-state index in [1.165, 1.54) is 7.05 Å². The van der Waals surface area contributed by atoms with E-state index in [1.54, 1.807) is 19.1 Å². The second-order valence-electron chi connectivity index (χ2n) is 5.69. The van der Waals surface area contributed by atoms with Crippen molar-refractivity contribution in [3.8, 4) is 5.75 Å². The van der Waals surface area contributed by atoms with E-state index in [4.69, 9.17) is 4.42 Å². The van der Waals surface area contributed by atoms with Gasteiger partial charge >= 0.3 is 0 Å². The lowest BCUT2D eigenvalue weighted by Gasteiger charge is -2.13. The first-order valence-electron chi connectivity index (χ1n) is 9.93. The van der Waals surface area contributed by atoms with Crippen LogP contribution < -0.4 is 16.0 Å². The van der Waals surface area contributed by atoms with Crippen LogP contribution in [0, 0.1) is 13.8 Å². The molecule has 0 fully saturated rings. The van der Waals surface area contributed by atoms with Gasteiger partial charge in [0.1, 0.15) is 11.5 Å². The average molecular weight is 434 g/mol. The molecule has 9 heteroatoms. The zero-order chi connectivity index (χ0) is 22.7. The van der Waals surface area contributed by atoms with Crippen molar-refractivity contribution in [2.24, 2.45) is 0 Å². The van der Waals surface area contributed by atoms with Crippen molar-refractivity contribution in [2.75, 3.05) is 17.7 Å². The molecule has 1 aromatic carbocycles. The van der Waals surface area contributed by atoms with Gasteiger partial charge in [0.2, 0.25) is 0 Å². The maximum absolute atomic E-state index is 12.0. The molecule has 0 bridgehead atoms. The number of aromatic hydroxyl groups is 1. The number of phenols is 1. The second-order valence-corrected chi connectivity index (χ2v) is 6.21. The maximum atomic E-state index is 12.0. The Bertz CT molecular complexity index is 937. The first-order chi connectivity index (χ1) is 14.5. The van der Waals surface area contributed by atoms with Crippen LogP contribution in [0.1, 0.15) is 55.1 Å². The number of phenolic OH excluding ortho intramolecular Hbond substituents is 1. The minimum absolute atomic E-state index is 0.134. The summed E-state index contributed by atoms with van der Waals surface area (Å²) in [5.41, 5.74) is 1.27. The van der Waals surface area contributed by atoms with Crippen LogP contribution in [0.5, 0.6) is 5.75 Å². The number of aryl methyl sites for hydroxylation is 2. The molecule has 0 spiro atoms. The monoisotopic (exact) mass is 433 g/mol. The highest BCUT2D eigenvalue weighted by Crippen LogP contribution is 2.34. The summed E-state index contributed by atoms with van der Waals surface area (Å²) in [6, 6.07) is 7.22. The van der Waals surface area contributed by atoms with Gasteiger partial charge in [-0.15, -0.1) is 0 Å². The molecular formula is C21H31N5O3S. The van der Waals surface area contributed by atoms with Gasteiger partial charge in [-0.25, -0.2) is 0 Å². The molecule has 164 valence electrons. The van der Waals surface area contributed by atoms with Gasteiger partial charge in [-0.1, -0.05) is 33.8 Å². The SMILES string of the molecule is CC.CC.CNC(=O)c1c(C)ccc(Nc2nsnc2NCc2ccc(C)o2)c1O. The molecule has 8 nitrogen and oxygen atoms in total. The number of amides is 1. The molecule has 0 saturated carbocycles. The van der Waals surface area contributed by atoms with Crippen LogP contribution >= 0.6 is 11.7 Å². The highest BCUT2D eigenvalue weighted by atomic mass is 32.1. The van der Waals surface area contributed by atoms with Crippen LogP contribution in [-0.2, 0) is 6.54 Å². The number of rotatable bonds is 6. The van der Waals surface area contributed by atoms with Crippen molar-refractivity contribution >= 4 is 35.0 Å². The normalized spacial score (nSPS) is 9.57. The van der Waals surface area contributed by atoms with Crippen molar-refractivity contribution in [3.05, 3.63) is 46.9 Å². The zero-order valence-corrected chi connectivity index (χ0v) is 19.4. The Morgan fingerprint density at radius 1 is 1.07 bits per heavy atom. The summed E-state index contributed by atoms with van der Waals surface area (Å²) in [4.78, 5) is 12.0. The van der Waals surface area contributed by atoms with Crippen LogP contribution in [0.2, 0.25) is 0 Å². The summed E-state index contributed by atoms with van der Waals surface area (Å²) in [6.07, 6.45) is 0. The molecule has 2 heterocycles. The maximum Gasteiger partial charge on any atom is 0.255 e. The molecule has 0 aliphatic carbocycles. The summed E-state index contributed by atoms with van der Waals surface area (Å²) < 4.78 is 13.9. The molecule has 0 unspecified atom stereocenters. The van der Waals surface area contributed by atoms with Crippen LogP contribution in [0.15, 0.2) is 28.7 Å². The Balaban J connectivity index is 0.00000106. The lowest BCUT2D eigenvalue weighted by molar-refractivity contribution is 0.0960. The molecule has 4 N–H and O–H groups in total. The minimum atomic E-state index is -0.355. The largest absolute Gasteiger partial charge is 0.505 e. The predicted molar refractivity (Wildman–Crippen MR) is 123 cm³/mol. The molecular weight excluding hydrogens is 402 g/mol. The van der Waals surface area contributed by atoms with Gasteiger partial charge in [0.05, 0.1) is 29.5 Å². The topological polar surface area (TPSA) is 112 Å². The molecule has 0 saturated heterocycles. The Hall–Kier alpha value is -3.07. The van der Waals surface area contributed by atoms with Crippen molar-refractivity contribution in [3.63, 3.8) is 0 Å². The third-order valence-corrected chi connectivity index (χ3v) is 4.34. The van der Waals surface area contributed by atoms with Gasteiger partial charge in [-0.2, -0.15) is 8.75 Å². The molecule has 1 amide bonds. The molecule has 2 aromatic heterocycles. The van der Waals surface area contributed by atoms with E-state index in [9.17, 15) is 9.90 Å². The lowest BCUT2D eigenvalue weighted by Crippen LogP contribution is -2.19. The number of carbonyl (C=O) groups is 1. The van der Waals surface area contributed by atoms with Crippen molar-refractivity contribution in [1.29, 1.82) is 0 Å². The van der Waals surface area contributed by atoms with E-state index in [2.05, 4.69) is 24.7 Å². The Labute approximate surface area is 182 Å². The smallest absolute Gasteiger partial charge is 0.255 e. The number of hydrogen-bond acceptors (Lipinski definition) is 8. The van der Waals surface area contributed by atoms with Crippen molar-refractivity contribution in [1.82, 2.24) is 14.1 Å². The molecule has 0 aliphatic heterocycles. The van der Waals surface area contributed by atoms with Gasteiger partial charge < -0.3 is 25.5 Å². The number of aromatic nitrogens is 2. The third kappa shape index (κ3) is 6.21. The minimum Gasteiger partial charge on any atom is -0.505 e. The van der Waals surface area contributed by atoms with Gasteiger partial charge in [0.25, 0.3) is 5.91 Å². The van der Waals surface area contributed by atoms with Gasteiger partial charge in [-0.05, 0) is 37.6 Å². The fraction of sp³-hybridized carbons (Fsp3) is 0.381. The van der Waals surface area contributed by atoms with Gasteiger partial charge in [0, 0.05) is 7.05 Å². The first-order valence-corrected chi connectivity index (χ1v) is 10.7. The van der Waals surface area contributed by atoms with Crippen molar-refractivity contribution in [2.45, 2.75) is 48.1 Å². The van der Waals surface area contributed by atoms with E-state index in [0.29, 0.717) is 29.4 Å². The summed E-state index contributed by atoms with van der Waals surface area (Å²) in [5, 5.41) is 19.2. The summed E-state index contributed by atoms with van der Waals surface area (Å²) in [5.74, 6) is 2.12. The number of hydrogen-bond donors (Lipinski definition) is 4. The predicted octanol–water partition coefficient (Wildman–Crippen LogP) is 5.22. The number of furan rings is 1. The van der Waals surface area contributed by atoms with Crippen LogP contribution in [0.4, 0.5) is 17.3 Å². The number of nitrogens with one attached hydrogen (secondary N) is 3. The lowest BCUT2D eigenvalue weighted by atomic mass is 10.1. The number of benzene rings is 1. The number of nitrogens with zero attached hydrogens (tertiary/aromatic N) is 2. The van der Waals surface area contributed by atoms with E-state index in [1.807, 2.05) is 46.8 Å². The quantitative estimate of drug-likeness (QED) is 0.394. The Morgan fingerprint density at radius 3 is 2.33 bits per heavy atom. The van der Waals surface area contributed by atoms with E-state index < -0.39 is 0 Å². The Kier molecular flexibility index (Phi) is 10.4. The third-order valence-electron chi connectivity index (χ3n) is 3.81. The van der Waals surface area contributed by atoms with Crippen molar-refractivity contribution < 1.29 is 14.3 Å². The average Bonchev–Trinajstić information content (AvgIpc) is 3.39. The molecule has 3 aromatic rings. The zero-order valence-electron chi connectivity index (χ0n) is 18.6. The highest BCUT2D eigenvalue weighted by molar-refractivity contribution is 6.99. The summed E-state index contributed by atoms with van der Waals surface area (Å²) in [7, 11) is 1.52. The van der Waals surface area contributed by atoms with Crippen LogP contribution in [0.25, 0.3) is 0 Å². The standard InChI is InChI=1S/C17H19N5O3S.2C2H6/c1-9-4-7-12(14(23)13(9)17(24)18-3)20-16-15(21-26-22-16)19-8-11-6-5-10(2)25-11;2*1-2/h4-7,23H,8H2,1-3H3,(H,18,24)(H,19,21)(H,20,22);2*1-2H3. The summed E-state index contributed by atoms with van der Waals surface area (Å²) >= 11 is 1.03. The van der Waals surface area contributed by atoms with Crippen LogP contribution in [0.3, 0.4) is 0 Å². The molecule has 0 atom stereocenters. The van der Waals surface area contributed by atoms with E-state index in [0.717, 1.165) is 23.2 Å². The Morgan fingerprint density at radius 2 is 1.73 bits per heavy atom. The van der Waals surface area contributed by atoms with E-state index in [-0.39, 0.29) is 17.2 Å². The first kappa shape index (κ1) is 25.0. The number of anilines is 3. The van der Waals surface area contributed by atoms with Crippen LogP contribution in [-0.4, -0.2) is 26.8 Å². The molecule has 0 radical (unpaired) electrons. The summed E-state index contributed by atoms with van der Waals surface area (Å²) in [6.45, 7) is 12.1. The molecule has 30 heavy (non-hydrogen) atoms. The fourth-order valence-corrected chi connectivity index (χ4v) is 2.96. The highest BCUT2D eigenvalue weighted by Gasteiger charge is 2.18. The number of carbonyl (C=O) groups excluding carboxylic acids is 1. The van der Waals surface area contributed by atoms with E-state index >= 15 is 0 Å². The second kappa shape index (κ2) is 12.5. The van der Waals surface area contributed by atoms with Gasteiger partial charge in [0.15, 0.2) is 17.4 Å². The molecule has 3 rings (SSSR count). The van der Waals surface area contributed by atoms with Gasteiger partial charge in [-0.3, -0.25) is 4.79 Å². The molecule has 0 aliphatic rings.